The molecule has 1 aromatic rings. The van der Waals surface area contributed by atoms with Crippen LogP contribution in [0.2, 0.25) is 5.02 Å². The van der Waals surface area contributed by atoms with Crippen LogP contribution in [0.5, 0.6) is 0 Å². The van der Waals surface area contributed by atoms with Gasteiger partial charge in [-0.3, -0.25) is 10.1 Å². The predicted octanol–water partition coefficient (Wildman–Crippen LogP) is 1.58. The summed E-state index contributed by atoms with van der Waals surface area (Å²) in [5, 5.41) is 9.12. The Morgan fingerprint density at radius 1 is 1.21 bits per heavy atom. The first-order valence-electron chi connectivity index (χ1n) is 9.59. The summed E-state index contributed by atoms with van der Waals surface area (Å²) in [5.41, 5.74) is 1.02. The van der Waals surface area contributed by atoms with Gasteiger partial charge < -0.3 is 10.6 Å². The van der Waals surface area contributed by atoms with Crippen molar-refractivity contribution in [2.45, 2.75) is 47.5 Å². The van der Waals surface area contributed by atoms with Gasteiger partial charge in [0.1, 0.15) is 11.3 Å². The van der Waals surface area contributed by atoms with Gasteiger partial charge in [0.2, 0.25) is 5.91 Å². The molecule has 3 aliphatic rings. The van der Waals surface area contributed by atoms with E-state index in [0.29, 0.717) is 11.6 Å². The molecule has 0 bridgehead atoms. The molecular formula is C20H24ClN3O3S. The van der Waals surface area contributed by atoms with Gasteiger partial charge in [-0.25, -0.2) is 8.42 Å². The van der Waals surface area contributed by atoms with Crippen molar-refractivity contribution < 1.29 is 13.2 Å². The molecule has 150 valence electrons. The summed E-state index contributed by atoms with van der Waals surface area (Å²) >= 11 is 6.02. The normalized spacial score (nSPS) is 27.9. The van der Waals surface area contributed by atoms with E-state index in [-0.39, 0.29) is 16.8 Å². The third-order valence-electron chi connectivity index (χ3n) is 5.37. The lowest BCUT2D eigenvalue weighted by Gasteiger charge is -2.35. The summed E-state index contributed by atoms with van der Waals surface area (Å²) in [7, 11) is -3.67. The zero-order valence-corrected chi connectivity index (χ0v) is 17.0. The fourth-order valence-electron chi connectivity index (χ4n) is 3.68. The summed E-state index contributed by atoms with van der Waals surface area (Å²) in [6.07, 6.45) is 8.11. The van der Waals surface area contributed by atoms with Crippen LogP contribution < -0.4 is 16.0 Å². The Morgan fingerprint density at radius 2 is 2.04 bits per heavy atom. The standard InChI is InChI=1S/C20H24ClN3O3S/c21-14-2-1-3-16(12-14)28(26,27)18-7-6-17(20(25)23-15-4-5-15)24-19(18)13-8-10-22-11-9-13/h1-3,6-8,12,15,17-19,22,24H,4-5,9-11H2,(H,23,25)/t17?,18-,19-/m1/s1. The summed E-state index contributed by atoms with van der Waals surface area (Å²) in [5.74, 6) is -0.100. The number of nitrogens with one attached hydrogen (secondary N) is 3. The Bertz CT molecular complexity index is 924. The second-order valence-electron chi connectivity index (χ2n) is 7.49. The molecule has 2 heterocycles. The number of hydrogen-bond donors (Lipinski definition) is 3. The molecule has 0 aromatic heterocycles. The molecule has 0 radical (unpaired) electrons. The monoisotopic (exact) mass is 421 g/mol. The van der Waals surface area contributed by atoms with Crippen LogP contribution in [0.15, 0.2) is 53.0 Å². The number of carbonyl (C=O) groups excluding carboxylic acids is 1. The first-order chi connectivity index (χ1) is 13.4. The van der Waals surface area contributed by atoms with E-state index in [4.69, 9.17) is 11.6 Å². The molecule has 4 rings (SSSR count). The quantitative estimate of drug-likeness (QED) is 0.628. The molecule has 1 saturated carbocycles. The van der Waals surface area contributed by atoms with Crippen molar-refractivity contribution in [1.29, 1.82) is 0 Å². The average Bonchev–Trinajstić information content (AvgIpc) is 3.52. The topological polar surface area (TPSA) is 87.3 Å². The molecule has 1 aliphatic carbocycles. The maximum Gasteiger partial charge on any atom is 0.241 e. The third kappa shape index (κ3) is 4.17. The molecule has 8 heteroatoms. The Balaban J connectivity index is 1.66. The third-order valence-corrected chi connectivity index (χ3v) is 7.66. The first kappa shape index (κ1) is 19.6. The van der Waals surface area contributed by atoms with E-state index >= 15 is 0 Å². The number of hydrogen-bond acceptors (Lipinski definition) is 5. The van der Waals surface area contributed by atoms with E-state index in [1.807, 2.05) is 6.08 Å². The maximum atomic E-state index is 13.4. The summed E-state index contributed by atoms with van der Waals surface area (Å²) in [6, 6.07) is 5.60. The van der Waals surface area contributed by atoms with Crippen LogP contribution in [-0.2, 0) is 14.6 Å². The molecule has 28 heavy (non-hydrogen) atoms. The largest absolute Gasteiger partial charge is 0.352 e. The van der Waals surface area contributed by atoms with Gasteiger partial charge in [-0.2, -0.15) is 0 Å². The van der Waals surface area contributed by atoms with E-state index in [0.717, 1.165) is 31.4 Å². The molecule has 2 aliphatic heterocycles. The molecule has 1 unspecified atom stereocenters. The minimum absolute atomic E-state index is 0.100. The highest BCUT2D eigenvalue weighted by Crippen LogP contribution is 2.29. The number of carbonyl (C=O) groups is 1. The minimum Gasteiger partial charge on any atom is -0.352 e. The van der Waals surface area contributed by atoms with Gasteiger partial charge >= 0.3 is 0 Å². The van der Waals surface area contributed by atoms with E-state index in [2.05, 4.69) is 16.0 Å². The molecular weight excluding hydrogens is 398 g/mol. The number of amides is 1. The Kier molecular flexibility index (Phi) is 5.60. The Labute approximate surface area is 170 Å². The zero-order valence-electron chi connectivity index (χ0n) is 15.4. The van der Waals surface area contributed by atoms with E-state index in [1.165, 1.54) is 6.07 Å². The molecule has 3 N–H and O–H groups in total. The van der Waals surface area contributed by atoms with Crippen molar-refractivity contribution in [2.75, 3.05) is 13.1 Å². The van der Waals surface area contributed by atoms with Crippen molar-refractivity contribution in [2.24, 2.45) is 0 Å². The van der Waals surface area contributed by atoms with Crippen LogP contribution in [-0.4, -0.2) is 50.8 Å². The smallest absolute Gasteiger partial charge is 0.241 e. The average molecular weight is 422 g/mol. The maximum absolute atomic E-state index is 13.4. The second-order valence-corrected chi connectivity index (χ2v) is 10.0. The molecule has 1 aromatic carbocycles. The predicted molar refractivity (Wildman–Crippen MR) is 109 cm³/mol. The van der Waals surface area contributed by atoms with E-state index < -0.39 is 27.2 Å². The fraction of sp³-hybridized carbons (Fsp3) is 0.450. The van der Waals surface area contributed by atoms with Gasteiger partial charge in [-0.1, -0.05) is 41.5 Å². The van der Waals surface area contributed by atoms with Crippen molar-refractivity contribution in [3.63, 3.8) is 0 Å². The first-order valence-corrected chi connectivity index (χ1v) is 11.5. The molecule has 0 saturated heterocycles. The van der Waals surface area contributed by atoms with Crippen LogP contribution in [0.3, 0.4) is 0 Å². The fourth-order valence-corrected chi connectivity index (χ4v) is 5.72. The highest BCUT2D eigenvalue weighted by Gasteiger charge is 2.40. The number of rotatable bonds is 5. The van der Waals surface area contributed by atoms with Gasteiger partial charge in [0.25, 0.3) is 0 Å². The lowest BCUT2D eigenvalue weighted by Crippen LogP contribution is -2.56. The van der Waals surface area contributed by atoms with Crippen molar-refractivity contribution in [3.05, 3.63) is 53.1 Å². The van der Waals surface area contributed by atoms with E-state index in [1.54, 1.807) is 30.4 Å². The summed E-state index contributed by atoms with van der Waals surface area (Å²) in [4.78, 5) is 12.7. The molecule has 1 amide bonds. The highest BCUT2D eigenvalue weighted by atomic mass is 35.5. The van der Waals surface area contributed by atoms with Crippen LogP contribution in [0.4, 0.5) is 0 Å². The minimum atomic E-state index is -3.67. The van der Waals surface area contributed by atoms with Crippen molar-refractivity contribution in [3.8, 4) is 0 Å². The number of sulfone groups is 1. The number of benzene rings is 1. The van der Waals surface area contributed by atoms with Crippen LogP contribution in [0.25, 0.3) is 0 Å². The van der Waals surface area contributed by atoms with E-state index in [9.17, 15) is 13.2 Å². The van der Waals surface area contributed by atoms with Gasteiger partial charge in [-0.15, -0.1) is 0 Å². The van der Waals surface area contributed by atoms with Crippen LogP contribution in [0.1, 0.15) is 19.3 Å². The summed E-state index contributed by atoms with van der Waals surface area (Å²) in [6.45, 7) is 1.48. The Hall–Kier alpha value is -1.67. The molecule has 1 fully saturated rings. The lowest BCUT2D eigenvalue weighted by molar-refractivity contribution is -0.122. The Morgan fingerprint density at radius 3 is 2.71 bits per heavy atom. The second kappa shape index (κ2) is 7.99. The molecule has 0 spiro atoms. The SMILES string of the molecule is O=C(NC1CC1)C1C=C[C@@H](S(=O)(=O)c2cccc(Cl)c2)[C@@H](C2=CCNCC2)N1. The van der Waals surface area contributed by atoms with Crippen LogP contribution in [0, 0.1) is 0 Å². The molecule has 6 nitrogen and oxygen atoms in total. The van der Waals surface area contributed by atoms with Gasteiger partial charge in [0.15, 0.2) is 9.84 Å². The molecule has 3 atom stereocenters. The van der Waals surface area contributed by atoms with Crippen molar-refractivity contribution >= 4 is 27.3 Å². The van der Waals surface area contributed by atoms with Gasteiger partial charge in [0.05, 0.1) is 4.90 Å². The number of halogens is 1. The lowest BCUT2D eigenvalue weighted by atomic mass is 9.93. The summed E-state index contributed by atoms with van der Waals surface area (Å²) < 4.78 is 26.7. The van der Waals surface area contributed by atoms with Crippen molar-refractivity contribution in [1.82, 2.24) is 16.0 Å². The highest BCUT2D eigenvalue weighted by molar-refractivity contribution is 7.92. The zero-order chi connectivity index (χ0) is 19.7. The van der Waals surface area contributed by atoms with Gasteiger partial charge in [-0.05, 0) is 44.0 Å². The van der Waals surface area contributed by atoms with Gasteiger partial charge in [0, 0.05) is 23.7 Å². The van der Waals surface area contributed by atoms with Crippen LogP contribution >= 0.6 is 11.6 Å².